The Balaban J connectivity index is 1.98. The third-order valence-corrected chi connectivity index (χ3v) is 5.62. The molecule has 4 rings (SSSR count). The number of fused-ring (bicyclic) bond motifs is 3. The summed E-state index contributed by atoms with van der Waals surface area (Å²) in [7, 11) is 1.67. The summed E-state index contributed by atoms with van der Waals surface area (Å²) in [6, 6.07) is 16.3. The van der Waals surface area contributed by atoms with Crippen LogP contribution in [-0.4, -0.2) is 24.2 Å². The van der Waals surface area contributed by atoms with Crippen molar-refractivity contribution in [3.05, 3.63) is 65.4 Å². The largest absolute Gasteiger partial charge is 0.497 e. The van der Waals surface area contributed by atoms with E-state index in [-0.39, 0.29) is 17.9 Å². The van der Waals surface area contributed by atoms with E-state index in [9.17, 15) is 4.79 Å². The monoisotopic (exact) mass is 378 g/mol. The number of benzene rings is 2. The lowest BCUT2D eigenvalue weighted by molar-refractivity contribution is -0.120. The van der Waals surface area contributed by atoms with Gasteiger partial charge in [-0.1, -0.05) is 30.3 Å². The fourth-order valence-corrected chi connectivity index (χ4v) is 4.40. The molecule has 0 spiro atoms. The van der Waals surface area contributed by atoms with Gasteiger partial charge in [-0.3, -0.25) is 4.79 Å². The Hall–Kier alpha value is -2.79. The number of ether oxygens (including phenoxy) is 2. The Labute approximate surface area is 165 Å². The summed E-state index contributed by atoms with van der Waals surface area (Å²) < 4.78 is 13.8. The molecule has 0 bridgehead atoms. The Morgan fingerprint density at radius 1 is 1.18 bits per heavy atom. The summed E-state index contributed by atoms with van der Waals surface area (Å²) in [6.07, 6.45) is 1.46. The second-order valence-electron chi connectivity index (χ2n) is 7.23. The molecule has 1 aromatic heterocycles. The van der Waals surface area contributed by atoms with Crippen molar-refractivity contribution in [3.8, 4) is 5.75 Å². The molecule has 2 unspecified atom stereocenters. The predicted molar refractivity (Wildman–Crippen MR) is 110 cm³/mol. The Bertz CT molecular complexity index is 994. The number of hydrogen-bond donors (Lipinski definition) is 1. The number of aromatic nitrogens is 1. The van der Waals surface area contributed by atoms with E-state index in [1.165, 1.54) is 5.56 Å². The highest BCUT2D eigenvalue weighted by atomic mass is 16.5. The van der Waals surface area contributed by atoms with E-state index in [1.807, 2.05) is 43.3 Å². The molecule has 146 valence electrons. The smallest absolute Gasteiger partial charge is 0.225 e. The van der Waals surface area contributed by atoms with E-state index >= 15 is 0 Å². The number of hydrogen-bond acceptors (Lipinski definition) is 3. The van der Waals surface area contributed by atoms with E-state index in [1.54, 1.807) is 7.11 Å². The molecule has 5 nitrogen and oxygen atoms in total. The van der Waals surface area contributed by atoms with Crippen LogP contribution in [0.4, 0.5) is 0 Å². The molecule has 0 radical (unpaired) electrons. The van der Waals surface area contributed by atoms with Crippen LogP contribution in [0.15, 0.2) is 48.5 Å². The van der Waals surface area contributed by atoms with Crippen molar-refractivity contribution in [2.24, 2.45) is 5.73 Å². The van der Waals surface area contributed by atoms with E-state index < -0.39 is 0 Å². The molecule has 1 amide bonds. The predicted octanol–water partition coefficient (Wildman–Crippen LogP) is 4.14. The lowest BCUT2D eigenvalue weighted by Gasteiger charge is -2.29. The van der Waals surface area contributed by atoms with Crippen LogP contribution in [0.1, 0.15) is 48.6 Å². The number of methoxy groups -OCH3 is 1. The van der Waals surface area contributed by atoms with Crippen LogP contribution in [0.2, 0.25) is 0 Å². The summed E-state index contributed by atoms with van der Waals surface area (Å²) in [4.78, 5) is 12.3. The molecule has 1 heterocycles. The minimum absolute atomic E-state index is 0.0438. The molecule has 0 aliphatic heterocycles. The maximum Gasteiger partial charge on any atom is 0.225 e. The number of rotatable bonds is 6. The van der Waals surface area contributed by atoms with Gasteiger partial charge in [0.25, 0.3) is 0 Å². The summed E-state index contributed by atoms with van der Waals surface area (Å²) in [5.74, 6) is 0.227. The zero-order chi connectivity index (χ0) is 19.7. The van der Waals surface area contributed by atoms with Crippen molar-refractivity contribution < 1.29 is 14.3 Å². The first-order valence-electron chi connectivity index (χ1n) is 9.78. The second kappa shape index (κ2) is 7.68. The van der Waals surface area contributed by atoms with Gasteiger partial charge in [-0.15, -0.1) is 0 Å². The van der Waals surface area contributed by atoms with Gasteiger partial charge in [-0.2, -0.15) is 0 Å². The highest BCUT2D eigenvalue weighted by molar-refractivity contribution is 5.94. The average molecular weight is 378 g/mol. The van der Waals surface area contributed by atoms with E-state index in [0.29, 0.717) is 19.6 Å². The van der Waals surface area contributed by atoms with Crippen LogP contribution in [0.5, 0.6) is 5.75 Å². The Morgan fingerprint density at radius 3 is 2.64 bits per heavy atom. The van der Waals surface area contributed by atoms with Gasteiger partial charge in [0.15, 0.2) is 0 Å². The SMILES string of the molecule is CCOC1CCC(C(N)=O)c2c1n(Cc1ccccc1)c1cc(OC)ccc21. The maximum absolute atomic E-state index is 12.3. The zero-order valence-electron chi connectivity index (χ0n) is 16.4. The van der Waals surface area contributed by atoms with Crippen LogP contribution in [0.25, 0.3) is 10.9 Å². The molecule has 2 atom stereocenters. The van der Waals surface area contributed by atoms with Gasteiger partial charge >= 0.3 is 0 Å². The molecule has 1 aliphatic carbocycles. The number of carbonyl (C=O) groups excluding carboxylic acids is 1. The van der Waals surface area contributed by atoms with Crippen molar-refractivity contribution in [1.82, 2.24) is 4.57 Å². The van der Waals surface area contributed by atoms with Crippen molar-refractivity contribution in [1.29, 1.82) is 0 Å². The third kappa shape index (κ3) is 3.16. The van der Waals surface area contributed by atoms with Crippen LogP contribution in [0.3, 0.4) is 0 Å². The van der Waals surface area contributed by atoms with Crippen LogP contribution >= 0.6 is 0 Å². The molecule has 5 heteroatoms. The average Bonchev–Trinajstić information content (AvgIpc) is 3.03. The third-order valence-electron chi connectivity index (χ3n) is 5.62. The minimum Gasteiger partial charge on any atom is -0.497 e. The van der Waals surface area contributed by atoms with Gasteiger partial charge in [-0.25, -0.2) is 0 Å². The molecule has 2 aromatic carbocycles. The fourth-order valence-electron chi connectivity index (χ4n) is 4.40. The summed E-state index contributed by atoms with van der Waals surface area (Å²) in [5, 5.41) is 1.06. The van der Waals surface area contributed by atoms with Gasteiger partial charge in [0.05, 0.1) is 30.3 Å². The van der Waals surface area contributed by atoms with Crippen LogP contribution in [-0.2, 0) is 16.1 Å². The standard InChI is InChI=1S/C23H26N2O3/c1-3-28-20-12-11-18(23(24)26)21-17-10-9-16(27-2)13-19(17)25(22(20)21)14-15-7-5-4-6-8-15/h4-10,13,18,20H,3,11-12,14H2,1-2H3,(H2,24,26). The summed E-state index contributed by atoms with van der Waals surface area (Å²) >= 11 is 0. The first-order chi connectivity index (χ1) is 13.6. The van der Waals surface area contributed by atoms with E-state index in [0.717, 1.165) is 34.3 Å². The lowest BCUT2D eigenvalue weighted by Crippen LogP contribution is -2.28. The molecular weight excluding hydrogens is 352 g/mol. The Morgan fingerprint density at radius 2 is 1.96 bits per heavy atom. The fraction of sp³-hybridized carbons (Fsp3) is 0.348. The van der Waals surface area contributed by atoms with Crippen LogP contribution in [0, 0.1) is 0 Å². The first-order valence-corrected chi connectivity index (χ1v) is 9.78. The molecule has 0 saturated carbocycles. The van der Waals surface area contributed by atoms with Gasteiger partial charge < -0.3 is 19.8 Å². The maximum atomic E-state index is 12.3. The normalized spacial score (nSPS) is 18.8. The molecule has 1 aliphatic rings. The molecule has 0 saturated heterocycles. The first kappa shape index (κ1) is 18.6. The molecule has 3 aromatic rings. The topological polar surface area (TPSA) is 66.5 Å². The number of primary amides is 1. The van der Waals surface area contributed by atoms with E-state index in [2.05, 4.69) is 16.7 Å². The second-order valence-corrected chi connectivity index (χ2v) is 7.23. The van der Waals surface area contributed by atoms with Crippen molar-refractivity contribution in [2.45, 2.75) is 38.3 Å². The molecule has 28 heavy (non-hydrogen) atoms. The molecule has 0 fully saturated rings. The van der Waals surface area contributed by atoms with Gasteiger partial charge in [-0.05, 0) is 43.0 Å². The molecule has 2 N–H and O–H groups in total. The van der Waals surface area contributed by atoms with Crippen LogP contribution < -0.4 is 10.5 Å². The Kier molecular flexibility index (Phi) is 5.09. The van der Waals surface area contributed by atoms with Crippen molar-refractivity contribution in [3.63, 3.8) is 0 Å². The van der Waals surface area contributed by atoms with Gasteiger partial charge in [0, 0.05) is 24.6 Å². The van der Waals surface area contributed by atoms with E-state index in [4.69, 9.17) is 15.2 Å². The summed E-state index contributed by atoms with van der Waals surface area (Å²) in [6.45, 7) is 3.34. The van der Waals surface area contributed by atoms with Crippen molar-refractivity contribution >= 4 is 16.8 Å². The zero-order valence-corrected chi connectivity index (χ0v) is 16.4. The highest BCUT2D eigenvalue weighted by Gasteiger charge is 2.36. The minimum atomic E-state index is -0.292. The number of carbonyl (C=O) groups is 1. The number of nitrogens with two attached hydrogens (primary N) is 1. The van der Waals surface area contributed by atoms with Crippen molar-refractivity contribution in [2.75, 3.05) is 13.7 Å². The van der Waals surface area contributed by atoms with Gasteiger partial charge in [0.1, 0.15) is 5.75 Å². The quantitative estimate of drug-likeness (QED) is 0.701. The summed E-state index contributed by atoms with van der Waals surface area (Å²) in [5.41, 5.74) is 10.1. The highest BCUT2D eigenvalue weighted by Crippen LogP contribution is 2.45. The number of amides is 1. The molecular formula is C23H26N2O3. The number of nitrogens with zero attached hydrogens (tertiary/aromatic N) is 1. The lowest BCUT2D eigenvalue weighted by atomic mass is 9.83. The van der Waals surface area contributed by atoms with Gasteiger partial charge in [0.2, 0.25) is 5.91 Å².